The van der Waals surface area contributed by atoms with Crippen LogP contribution in [0.5, 0.6) is 0 Å². The van der Waals surface area contributed by atoms with Crippen molar-refractivity contribution in [1.29, 1.82) is 5.26 Å². The minimum atomic E-state index is 0.782. The minimum Gasteiger partial charge on any atom is -0.348 e. The van der Waals surface area contributed by atoms with Crippen molar-refractivity contribution in [3.63, 3.8) is 0 Å². The van der Waals surface area contributed by atoms with E-state index in [0.717, 1.165) is 26.3 Å². The summed E-state index contributed by atoms with van der Waals surface area (Å²) < 4.78 is 0. The Hall–Kier alpha value is -1.05. The van der Waals surface area contributed by atoms with Crippen LogP contribution < -0.4 is 5.32 Å². The summed E-state index contributed by atoms with van der Waals surface area (Å²) in [6.07, 6.45) is 2.37. The number of fused-ring (bicyclic) bond motifs is 1. The Bertz CT molecular complexity index is 475. The minimum absolute atomic E-state index is 0.782. The zero-order valence-electron chi connectivity index (χ0n) is 9.69. The highest BCUT2D eigenvalue weighted by molar-refractivity contribution is 8.07. The van der Waals surface area contributed by atoms with Crippen molar-refractivity contribution in [2.45, 2.75) is 24.7 Å². The number of hydrogen-bond acceptors (Lipinski definition) is 4. The lowest BCUT2D eigenvalue weighted by atomic mass is 10.3. The molecule has 88 valence electrons. The summed E-state index contributed by atoms with van der Waals surface area (Å²) in [7, 11) is 0. The molecule has 0 bridgehead atoms. The first-order valence-electron chi connectivity index (χ1n) is 5.66. The van der Waals surface area contributed by atoms with Gasteiger partial charge in [0.15, 0.2) is 0 Å². The van der Waals surface area contributed by atoms with E-state index in [4.69, 9.17) is 5.26 Å². The van der Waals surface area contributed by atoms with Crippen molar-refractivity contribution in [2.75, 3.05) is 11.1 Å². The van der Waals surface area contributed by atoms with Crippen LogP contribution in [0, 0.1) is 11.3 Å². The summed E-state index contributed by atoms with van der Waals surface area (Å²) in [6.45, 7) is 2.18. The summed E-state index contributed by atoms with van der Waals surface area (Å²) in [4.78, 5) is 1.91. The molecule has 1 N–H and O–H groups in total. The fourth-order valence-electron chi connectivity index (χ4n) is 1.49. The number of thioether (sulfide) groups is 2. The third-order valence-electron chi connectivity index (χ3n) is 2.40. The van der Waals surface area contributed by atoms with E-state index in [0.29, 0.717) is 0 Å². The summed E-state index contributed by atoms with van der Waals surface area (Å²) >= 11 is 3.30. The van der Waals surface area contributed by atoms with Crippen molar-refractivity contribution in [3.05, 3.63) is 34.2 Å². The molecule has 1 aromatic rings. The maximum absolute atomic E-state index is 9.16. The molecule has 1 aliphatic rings. The standard InChI is InChI=1S/C13H14N2S2/c1-2-3-8-16-13-12(9-14)17-11-7-5-4-6-10(11)15-13/h4-7,15H,2-3,8H2,1H3. The number of nitrogens with one attached hydrogen (secondary N) is 1. The topological polar surface area (TPSA) is 35.8 Å². The molecule has 0 atom stereocenters. The highest BCUT2D eigenvalue weighted by Gasteiger charge is 2.17. The monoisotopic (exact) mass is 262 g/mol. The van der Waals surface area contributed by atoms with Crippen molar-refractivity contribution >= 4 is 29.2 Å². The molecule has 2 rings (SSSR count). The van der Waals surface area contributed by atoms with E-state index in [9.17, 15) is 0 Å². The molecule has 0 saturated heterocycles. The van der Waals surface area contributed by atoms with Crippen LogP contribution in [0.15, 0.2) is 39.1 Å². The predicted octanol–water partition coefficient (Wildman–Crippen LogP) is 4.43. The van der Waals surface area contributed by atoms with E-state index in [1.54, 1.807) is 23.5 Å². The lowest BCUT2D eigenvalue weighted by Crippen LogP contribution is -2.05. The number of nitriles is 1. The lowest BCUT2D eigenvalue weighted by molar-refractivity contribution is 0.897. The van der Waals surface area contributed by atoms with Gasteiger partial charge in [-0.05, 0) is 24.3 Å². The average Bonchev–Trinajstić information content (AvgIpc) is 2.38. The molecule has 0 spiro atoms. The second kappa shape index (κ2) is 6.04. The first-order valence-corrected chi connectivity index (χ1v) is 7.46. The molecule has 0 aromatic heterocycles. The number of rotatable bonds is 4. The van der Waals surface area contributed by atoms with Crippen LogP contribution in [0.1, 0.15) is 19.8 Å². The predicted molar refractivity (Wildman–Crippen MR) is 75.9 cm³/mol. The van der Waals surface area contributed by atoms with Crippen LogP contribution in [0.4, 0.5) is 5.69 Å². The molecule has 0 amide bonds. The van der Waals surface area contributed by atoms with Crippen LogP contribution in [0.3, 0.4) is 0 Å². The normalized spacial score (nSPS) is 13.9. The van der Waals surface area contributed by atoms with Gasteiger partial charge in [0, 0.05) is 4.90 Å². The molecule has 17 heavy (non-hydrogen) atoms. The Kier molecular flexibility index (Phi) is 4.41. The SMILES string of the molecule is CCCCSC1=C(C#N)Sc2ccccc2N1. The number of allylic oxidation sites excluding steroid dienone is 1. The Morgan fingerprint density at radius 2 is 2.24 bits per heavy atom. The fraction of sp³-hybridized carbons (Fsp3) is 0.308. The maximum Gasteiger partial charge on any atom is 0.120 e. The second-order valence-corrected chi connectivity index (χ2v) is 5.85. The molecular formula is C13H14N2S2. The summed E-state index contributed by atoms with van der Waals surface area (Å²) in [5, 5.41) is 13.5. The molecule has 0 unspecified atom stereocenters. The van der Waals surface area contributed by atoms with E-state index in [-0.39, 0.29) is 0 Å². The quantitative estimate of drug-likeness (QED) is 0.814. The summed E-state index contributed by atoms with van der Waals surface area (Å²) in [5.41, 5.74) is 1.11. The number of unbranched alkanes of at least 4 members (excludes halogenated alkanes) is 1. The lowest BCUT2D eigenvalue weighted by Gasteiger charge is -2.20. The van der Waals surface area contributed by atoms with Crippen molar-refractivity contribution < 1.29 is 0 Å². The highest BCUT2D eigenvalue weighted by Crippen LogP contribution is 2.42. The molecule has 0 radical (unpaired) electrons. The van der Waals surface area contributed by atoms with Gasteiger partial charge < -0.3 is 5.32 Å². The molecule has 0 aliphatic carbocycles. The molecule has 2 nitrogen and oxygen atoms in total. The van der Waals surface area contributed by atoms with Crippen molar-refractivity contribution in [2.24, 2.45) is 0 Å². The van der Waals surface area contributed by atoms with Gasteiger partial charge in [0.1, 0.15) is 11.0 Å². The number of anilines is 1. The van der Waals surface area contributed by atoms with Gasteiger partial charge >= 0.3 is 0 Å². The zero-order chi connectivity index (χ0) is 12.1. The van der Waals surface area contributed by atoms with Gasteiger partial charge in [-0.1, -0.05) is 37.2 Å². The van der Waals surface area contributed by atoms with Crippen molar-refractivity contribution in [1.82, 2.24) is 0 Å². The van der Waals surface area contributed by atoms with E-state index in [2.05, 4.69) is 24.4 Å². The fourth-order valence-corrected chi connectivity index (χ4v) is 3.57. The molecule has 0 fully saturated rings. The van der Waals surface area contributed by atoms with Gasteiger partial charge in [-0.15, -0.1) is 11.8 Å². The van der Waals surface area contributed by atoms with Gasteiger partial charge in [-0.3, -0.25) is 0 Å². The second-order valence-electron chi connectivity index (χ2n) is 3.70. The first-order chi connectivity index (χ1) is 8.35. The average molecular weight is 262 g/mol. The number of hydrogen-bond donors (Lipinski definition) is 1. The molecule has 1 aromatic carbocycles. The summed E-state index contributed by atoms with van der Waals surface area (Å²) in [5.74, 6) is 1.06. The van der Waals surface area contributed by atoms with Gasteiger partial charge in [0.25, 0.3) is 0 Å². The molecular weight excluding hydrogens is 248 g/mol. The Labute approximate surface area is 110 Å². The highest BCUT2D eigenvalue weighted by atomic mass is 32.2. The first kappa shape index (κ1) is 12.4. The Balaban J connectivity index is 2.14. The van der Waals surface area contributed by atoms with Crippen LogP contribution in [-0.4, -0.2) is 5.75 Å². The van der Waals surface area contributed by atoms with Crippen LogP contribution in [0.2, 0.25) is 0 Å². The number of benzene rings is 1. The Morgan fingerprint density at radius 1 is 1.41 bits per heavy atom. The third-order valence-corrected chi connectivity index (χ3v) is 4.69. The third kappa shape index (κ3) is 2.99. The molecule has 0 saturated carbocycles. The smallest absolute Gasteiger partial charge is 0.120 e. The largest absolute Gasteiger partial charge is 0.348 e. The maximum atomic E-state index is 9.16. The zero-order valence-corrected chi connectivity index (χ0v) is 11.3. The van der Waals surface area contributed by atoms with E-state index in [1.807, 2.05) is 18.2 Å². The molecule has 1 heterocycles. The van der Waals surface area contributed by atoms with Crippen LogP contribution in [0.25, 0.3) is 0 Å². The number of para-hydroxylation sites is 1. The van der Waals surface area contributed by atoms with Gasteiger partial charge in [0.2, 0.25) is 0 Å². The van der Waals surface area contributed by atoms with Gasteiger partial charge in [-0.2, -0.15) is 5.26 Å². The Morgan fingerprint density at radius 3 is 3.00 bits per heavy atom. The van der Waals surface area contributed by atoms with Crippen molar-refractivity contribution in [3.8, 4) is 6.07 Å². The molecule has 4 heteroatoms. The van der Waals surface area contributed by atoms with E-state index >= 15 is 0 Å². The van der Waals surface area contributed by atoms with Gasteiger partial charge in [0.05, 0.1) is 10.7 Å². The van der Waals surface area contributed by atoms with E-state index < -0.39 is 0 Å². The van der Waals surface area contributed by atoms with E-state index in [1.165, 1.54) is 12.8 Å². The van der Waals surface area contributed by atoms with Crippen LogP contribution >= 0.6 is 23.5 Å². The summed E-state index contributed by atoms with van der Waals surface area (Å²) in [6, 6.07) is 10.4. The molecule has 1 aliphatic heterocycles. The number of nitrogens with zero attached hydrogens (tertiary/aromatic N) is 1. The van der Waals surface area contributed by atoms with Gasteiger partial charge in [-0.25, -0.2) is 0 Å². The van der Waals surface area contributed by atoms with Crippen LogP contribution in [-0.2, 0) is 0 Å².